The number of hydrogen-bond acceptors (Lipinski definition) is 6. The number of aliphatic hydroxyl groups excluding tert-OH is 1. The first-order valence-corrected chi connectivity index (χ1v) is 10.3. The van der Waals surface area contributed by atoms with E-state index in [1.807, 2.05) is 0 Å². The van der Waals surface area contributed by atoms with Crippen LogP contribution >= 0.6 is 0 Å². The number of carbonyl (C=O) groups excluding carboxylic acids is 2. The first-order chi connectivity index (χ1) is 14.3. The van der Waals surface area contributed by atoms with Crippen LogP contribution in [-0.4, -0.2) is 50.3 Å². The van der Waals surface area contributed by atoms with E-state index in [9.17, 15) is 23.1 Å². The normalized spacial score (nSPS) is 15.2. The number of allylic oxidation sites excluding steroid dienone is 1. The van der Waals surface area contributed by atoms with E-state index in [1.165, 1.54) is 38.4 Å². The Morgan fingerprint density at radius 3 is 2.63 bits per heavy atom. The highest BCUT2D eigenvalue weighted by atomic mass is 32.2. The van der Waals surface area contributed by atoms with Gasteiger partial charge in [-0.05, 0) is 35.9 Å². The van der Waals surface area contributed by atoms with Crippen LogP contribution in [0.3, 0.4) is 0 Å². The lowest BCUT2D eigenvalue weighted by Gasteiger charge is -2.27. The molecule has 0 aromatic heterocycles. The van der Waals surface area contributed by atoms with Crippen molar-refractivity contribution in [3.8, 4) is 0 Å². The fraction of sp³-hybridized carbons (Fsp3) is 0.143. The number of benzene rings is 2. The Balaban J connectivity index is 1.89. The lowest BCUT2D eigenvalue weighted by Crippen LogP contribution is -2.34. The highest BCUT2D eigenvalue weighted by Crippen LogP contribution is 2.34. The molecule has 0 spiro atoms. The first kappa shape index (κ1) is 21.3. The summed E-state index contributed by atoms with van der Waals surface area (Å²) in [5.74, 6) is -1.41. The van der Waals surface area contributed by atoms with Gasteiger partial charge in [-0.1, -0.05) is 30.3 Å². The molecule has 8 nitrogen and oxygen atoms in total. The molecule has 0 radical (unpaired) electrons. The Kier molecular flexibility index (Phi) is 6.04. The monoisotopic (exact) mass is 428 g/mol. The number of rotatable bonds is 6. The first-order valence-electron chi connectivity index (χ1n) is 8.88. The van der Waals surface area contributed by atoms with Crippen LogP contribution < -0.4 is 5.32 Å². The zero-order valence-corrected chi connectivity index (χ0v) is 17.1. The molecule has 0 aliphatic carbocycles. The predicted molar refractivity (Wildman–Crippen MR) is 112 cm³/mol. The van der Waals surface area contributed by atoms with Crippen LogP contribution in [0.2, 0.25) is 0 Å². The predicted octanol–water partition coefficient (Wildman–Crippen LogP) is 2.41. The van der Waals surface area contributed by atoms with Crippen molar-refractivity contribution in [3.63, 3.8) is 0 Å². The summed E-state index contributed by atoms with van der Waals surface area (Å²) in [5, 5.41) is 13.2. The molecular weight excluding hydrogens is 408 g/mol. The van der Waals surface area contributed by atoms with Gasteiger partial charge < -0.3 is 15.2 Å². The quantitative estimate of drug-likeness (QED) is 0.683. The van der Waals surface area contributed by atoms with Crippen LogP contribution in [-0.2, 0) is 24.3 Å². The highest BCUT2D eigenvalue weighted by molar-refractivity contribution is 7.89. The lowest BCUT2D eigenvalue weighted by molar-refractivity contribution is -0.119. The Morgan fingerprint density at radius 1 is 1.17 bits per heavy atom. The average Bonchev–Trinajstić information content (AvgIpc) is 2.72. The summed E-state index contributed by atoms with van der Waals surface area (Å²) >= 11 is 0. The van der Waals surface area contributed by atoms with Gasteiger partial charge in [0, 0.05) is 25.4 Å². The number of hydrogen-bond donors (Lipinski definition) is 2. The van der Waals surface area contributed by atoms with Crippen molar-refractivity contribution >= 4 is 39.2 Å². The summed E-state index contributed by atoms with van der Waals surface area (Å²) in [6.45, 7) is -0.0890. The van der Waals surface area contributed by atoms with E-state index >= 15 is 0 Å². The zero-order valence-electron chi connectivity index (χ0n) is 16.3. The minimum absolute atomic E-state index is 0.0648. The molecule has 9 heteroatoms. The number of ketones is 1. The number of amides is 1. The number of anilines is 1. The van der Waals surface area contributed by atoms with Gasteiger partial charge in [-0.25, -0.2) is 8.42 Å². The fourth-order valence-corrected chi connectivity index (χ4v) is 4.41. The van der Waals surface area contributed by atoms with Gasteiger partial charge in [0.2, 0.25) is 11.7 Å². The van der Waals surface area contributed by atoms with Crippen LogP contribution in [0.25, 0.3) is 11.8 Å². The smallest absolute Gasteiger partial charge is 0.265 e. The Hall–Kier alpha value is -3.43. The summed E-state index contributed by atoms with van der Waals surface area (Å²) in [5.41, 5.74) is 0.852. The number of ether oxygens (including phenoxy) is 1. The van der Waals surface area contributed by atoms with Gasteiger partial charge in [0.15, 0.2) is 5.76 Å². The third-order valence-corrected chi connectivity index (χ3v) is 6.24. The van der Waals surface area contributed by atoms with Crippen LogP contribution in [0.4, 0.5) is 5.69 Å². The molecule has 1 aliphatic heterocycles. The van der Waals surface area contributed by atoms with Crippen molar-refractivity contribution in [1.29, 1.82) is 0 Å². The van der Waals surface area contributed by atoms with E-state index in [0.717, 1.165) is 4.31 Å². The van der Waals surface area contributed by atoms with Gasteiger partial charge >= 0.3 is 0 Å². The van der Waals surface area contributed by atoms with Crippen molar-refractivity contribution < 1.29 is 27.9 Å². The molecular formula is C21H20N2O6S. The number of sulfonamides is 1. The minimum Gasteiger partial charge on any atom is -0.505 e. The molecule has 156 valence electrons. The van der Waals surface area contributed by atoms with Gasteiger partial charge in [-0.15, -0.1) is 0 Å². The molecule has 1 amide bonds. The molecule has 0 saturated heterocycles. The van der Waals surface area contributed by atoms with Crippen molar-refractivity contribution in [2.45, 2.75) is 4.90 Å². The van der Waals surface area contributed by atoms with Crippen molar-refractivity contribution in [2.75, 3.05) is 26.1 Å². The van der Waals surface area contributed by atoms with E-state index < -0.39 is 21.6 Å². The standard InChI is InChI=1S/C21H20N2O6S/c1-23-20(21(26)16-8-3-4-9-18(16)30(23,27)28)17(24)11-10-14-6-5-7-15(12-14)22-19(25)13-29-2/h3-12,26H,13H2,1-2H3,(H,22,25)/b11-10+. The maximum atomic E-state index is 12.7. The maximum absolute atomic E-state index is 12.7. The van der Waals surface area contributed by atoms with Crippen LogP contribution in [0.1, 0.15) is 11.1 Å². The fourth-order valence-electron chi connectivity index (χ4n) is 3.00. The van der Waals surface area contributed by atoms with Crippen molar-refractivity contribution in [3.05, 3.63) is 71.4 Å². The number of methoxy groups -OCH3 is 1. The van der Waals surface area contributed by atoms with Gasteiger partial charge in [0.05, 0.1) is 4.90 Å². The second kappa shape index (κ2) is 8.52. The van der Waals surface area contributed by atoms with Crippen molar-refractivity contribution in [1.82, 2.24) is 4.31 Å². The molecule has 0 atom stereocenters. The molecule has 2 aromatic carbocycles. The zero-order chi connectivity index (χ0) is 21.9. The summed E-state index contributed by atoms with van der Waals surface area (Å²) in [6.07, 6.45) is 2.64. The second-order valence-corrected chi connectivity index (χ2v) is 8.41. The van der Waals surface area contributed by atoms with Crippen LogP contribution in [0, 0.1) is 0 Å². The van der Waals surface area contributed by atoms with E-state index in [0.29, 0.717) is 11.3 Å². The van der Waals surface area contributed by atoms with Crippen LogP contribution in [0.15, 0.2) is 65.2 Å². The Labute approximate surface area is 174 Å². The average molecular weight is 428 g/mol. The molecule has 3 rings (SSSR count). The third kappa shape index (κ3) is 4.12. The van der Waals surface area contributed by atoms with Crippen LogP contribution in [0.5, 0.6) is 0 Å². The SMILES string of the molecule is COCC(=O)Nc1cccc(/C=C/C(=O)C2=C(O)c3ccccc3S(=O)(=O)N2C)c1. The van der Waals surface area contributed by atoms with Gasteiger partial charge in [0.25, 0.3) is 10.0 Å². The summed E-state index contributed by atoms with van der Waals surface area (Å²) in [6, 6.07) is 12.7. The number of nitrogens with one attached hydrogen (secondary N) is 1. The third-order valence-electron chi connectivity index (χ3n) is 4.43. The summed E-state index contributed by atoms with van der Waals surface area (Å²) in [7, 11) is -1.33. The van der Waals surface area contributed by atoms with Gasteiger partial charge in [0.1, 0.15) is 12.3 Å². The summed E-state index contributed by atoms with van der Waals surface area (Å²) in [4.78, 5) is 24.3. The molecule has 1 aliphatic rings. The Morgan fingerprint density at radius 2 is 1.90 bits per heavy atom. The number of aliphatic hydroxyl groups is 1. The molecule has 0 unspecified atom stereocenters. The largest absolute Gasteiger partial charge is 0.505 e. The minimum atomic E-state index is -3.96. The van der Waals surface area contributed by atoms with E-state index in [-0.39, 0.29) is 28.7 Å². The molecule has 0 bridgehead atoms. The molecule has 0 fully saturated rings. The molecule has 30 heavy (non-hydrogen) atoms. The number of nitrogens with zero attached hydrogens (tertiary/aromatic N) is 1. The molecule has 2 N–H and O–H groups in total. The van der Waals surface area contributed by atoms with E-state index in [2.05, 4.69) is 5.32 Å². The molecule has 1 heterocycles. The molecule has 0 saturated carbocycles. The summed E-state index contributed by atoms with van der Waals surface area (Å²) < 4.78 is 30.9. The Bertz CT molecular complexity index is 1170. The van der Waals surface area contributed by atoms with Crippen molar-refractivity contribution in [2.24, 2.45) is 0 Å². The topological polar surface area (TPSA) is 113 Å². The second-order valence-electron chi connectivity index (χ2n) is 6.47. The van der Waals surface area contributed by atoms with Gasteiger partial charge in [-0.2, -0.15) is 0 Å². The number of carbonyl (C=O) groups is 2. The van der Waals surface area contributed by atoms with Gasteiger partial charge in [-0.3, -0.25) is 13.9 Å². The number of likely N-dealkylation sites (N-methyl/N-ethyl adjacent to an activating group) is 1. The lowest BCUT2D eigenvalue weighted by atomic mass is 10.1. The molecule has 2 aromatic rings. The number of fused-ring (bicyclic) bond motifs is 1. The van der Waals surface area contributed by atoms with E-state index in [1.54, 1.807) is 36.4 Å². The highest BCUT2D eigenvalue weighted by Gasteiger charge is 2.36. The maximum Gasteiger partial charge on any atom is 0.265 e. The van der Waals surface area contributed by atoms with E-state index in [4.69, 9.17) is 4.74 Å².